The molecule has 0 bridgehead atoms. The van der Waals surface area contributed by atoms with Gasteiger partial charge in [0, 0.05) is 16.5 Å². The lowest BCUT2D eigenvalue weighted by Gasteiger charge is -2.30. The van der Waals surface area contributed by atoms with Gasteiger partial charge in [-0.25, -0.2) is 4.90 Å². The molecule has 0 aliphatic carbocycles. The zero-order valence-electron chi connectivity index (χ0n) is 23.4. The summed E-state index contributed by atoms with van der Waals surface area (Å²) in [6, 6.07) is 20.9. The summed E-state index contributed by atoms with van der Waals surface area (Å²) in [6.45, 7) is -0.249. The smallest absolute Gasteiger partial charge is 0.308 e. The number of aromatic nitrogens is 1. The zero-order valence-corrected chi connectivity index (χ0v) is 25.1. The van der Waals surface area contributed by atoms with Gasteiger partial charge in [-0.3, -0.25) is 23.7 Å². The van der Waals surface area contributed by atoms with Crippen LogP contribution in [0.2, 0.25) is 0 Å². The summed E-state index contributed by atoms with van der Waals surface area (Å²) in [6.07, 6.45) is 0. The van der Waals surface area contributed by atoms with E-state index in [0.717, 1.165) is 16.9 Å². The normalized spacial score (nSPS) is 19.0. The van der Waals surface area contributed by atoms with Crippen LogP contribution in [-0.2, 0) is 20.9 Å². The number of carbonyl (C=O) groups excluding carboxylic acids is 3. The first kappa shape index (κ1) is 28.6. The minimum atomic E-state index is -0.792. The zero-order chi connectivity index (χ0) is 30.2. The highest BCUT2D eigenvalue weighted by atomic mass is 32.2. The van der Waals surface area contributed by atoms with Crippen molar-refractivity contribution in [2.75, 3.05) is 31.5 Å². The highest BCUT2D eigenvalue weighted by Gasteiger charge is 2.56. The lowest BCUT2D eigenvalue weighted by molar-refractivity contribution is -0.122. The third kappa shape index (κ3) is 5.17. The molecule has 220 valence electrons. The number of thiazole rings is 1. The van der Waals surface area contributed by atoms with Crippen molar-refractivity contribution in [1.29, 1.82) is 0 Å². The number of anilines is 2. The van der Waals surface area contributed by atoms with E-state index in [-0.39, 0.29) is 23.2 Å². The Bertz CT molecular complexity index is 1750. The molecule has 10 nitrogen and oxygen atoms in total. The van der Waals surface area contributed by atoms with Gasteiger partial charge in [-0.05, 0) is 66.2 Å². The number of carbonyl (C=O) groups is 3. The van der Waals surface area contributed by atoms with Gasteiger partial charge in [-0.15, -0.1) is 0 Å². The molecule has 43 heavy (non-hydrogen) atoms. The fraction of sp³-hybridized carbons (Fsp3) is 0.226. The number of nitrogens with zero attached hydrogens (tertiary/aromatic N) is 2. The lowest BCUT2D eigenvalue weighted by Crippen LogP contribution is -2.33. The van der Waals surface area contributed by atoms with Crippen LogP contribution in [0.25, 0.3) is 0 Å². The number of thioether (sulfide) groups is 1. The predicted molar refractivity (Wildman–Crippen MR) is 164 cm³/mol. The molecule has 0 radical (unpaired) electrons. The second-order valence-corrected chi connectivity index (χ2v) is 12.0. The van der Waals surface area contributed by atoms with E-state index in [1.54, 1.807) is 82.0 Å². The molecule has 2 aliphatic rings. The third-order valence-electron chi connectivity index (χ3n) is 7.53. The van der Waals surface area contributed by atoms with Crippen molar-refractivity contribution in [3.63, 3.8) is 0 Å². The van der Waals surface area contributed by atoms with Crippen LogP contribution in [-0.4, -0.2) is 48.9 Å². The second kappa shape index (κ2) is 11.6. The number of fused-ring (bicyclic) bond motifs is 2. The number of benzene rings is 3. The average Bonchev–Trinajstić information content (AvgIpc) is 3.47. The first-order valence-corrected chi connectivity index (χ1v) is 15.0. The van der Waals surface area contributed by atoms with Gasteiger partial charge in [0.05, 0.1) is 38.0 Å². The summed E-state index contributed by atoms with van der Waals surface area (Å²) in [5, 5.41) is 2.53. The molecule has 3 amide bonds. The lowest BCUT2D eigenvalue weighted by atomic mass is 9.83. The van der Waals surface area contributed by atoms with Crippen molar-refractivity contribution in [1.82, 2.24) is 4.57 Å². The number of imide groups is 1. The summed E-state index contributed by atoms with van der Waals surface area (Å²) < 4.78 is 17.1. The molecule has 4 aromatic rings. The van der Waals surface area contributed by atoms with Crippen LogP contribution in [0.15, 0.2) is 82.6 Å². The Morgan fingerprint density at radius 1 is 0.791 bits per heavy atom. The Kier molecular flexibility index (Phi) is 7.72. The van der Waals surface area contributed by atoms with Crippen LogP contribution in [0.1, 0.15) is 16.4 Å². The fourth-order valence-corrected chi connectivity index (χ4v) is 8.20. The summed E-state index contributed by atoms with van der Waals surface area (Å²) >= 11 is 2.17. The van der Waals surface area contributed by atoms with Gasteiger partial charge in [-0.1, -0.05) is 35.2 Å². The molecule has 3 heterocycles. The quantitative estimate of drug-likeness (QED) is 0.290. The van der Waals surface area contributed by atoms with Gasteiger partial charge in [0.2, 0.25) is 17.7 Å². The Labute approximate surface area is 255 Å². The maximum atomic E-state index is 14.0. The van der Waals surface area contributed by atoms with E-state index >= 15 is 0 Å². The molecule has 0 saturated carbocycles. The molecule has 1 N–H and O–H groups in total. The fourth-order valence-electron chi connectivity index (χ4n) is 5.43. The van der Waals surface area contributed by atoms with Crippen LogP contribution in [0.3, 0.4) is 0 Å². The second-order valence-electron chi connectivity index (χ2n) is 9.93. The van der Waals surface area contributed by atoms with Crippen LogP contribution < -0.4 is 29.3 Å². The number of ether oxygens (including phenoxy) is 3. The molecular weight excluding hydrogens is 590 g/mol. The van der Waals surface area contributed by atoms with Gasteiger partial charge >= 0.3 is 4.87 Å². The van der Waals surface area contributed by atoms with Crippen molar-refractivity contribution >= 4 is 52.2 Å². The maximum absolute atomic E-state index is 14.0. The van der Waals surface area contributed by atoms with E-state index in [1.807, 2.05) is 12.1 Å². The number of amides is 3. The van der Waals surface area contributed by atoms with Crippen molar-refractivity contribution < 1.29 is 28.6 Å². The third-order valence-corrected chi connectivity index (χ3v) is 10.1. The molecule has 3 atom stereocenters. The average molecular weight is 618 g/mol. The summed E-state index contributed by atoms with van der Waals surface area (Å²) in [7, 11) is 4.66. The number of methoxy groups -OCH3 is 3. The molecule has 0 spiro atoms. The van der Waals surface area contributed by atoms with Crippen molar-refractivity contribution in [2.24, 2.45) is 5.92 Å². The highest BCUT2D eigenvalue weighted by Crippen LogP contribution is 2.54. The van der Waals surface area contributed by atoms with E-state index in [4.69, 9.17) is 14.2 Å². The topological polar surface area (TPSA) is 116 Å². The van der Waals surface area contributed by atoms with E-state index in [9.17, 15) is 19.2 Å². The van der Waals surface area contributed by atoms with Crippen LogP contribution in [0.5, 0.6) is 17.2 Å². The Morgan fingerprint density at radius 2 is 1.35 bits per heavy atom. The molecule has 1 fully saturated rings. The minimum absolute atomic E-state index is 0.249. The SMILES string of the molecule is COc1ccc(NC(=O)Cn2c3c(sc2=O)[C@H](c2ccc(OC)cc2)C2C(=O)N(c4ccc(OC)cc4)C(=O)C2S3)cc1. The minimum Gasteiger partial charge on any atom is -0.497 e. The molecule has 1 saturated heterocycles. The van der Waals surface area contributed by atoms with E-state index in [0.29, 0.717) is 38.5 Å². The van der Waals surface area contributed by atoms with Crippen LogP contribution >= 0.6 is 23.1 Å². The monoisotopic (exact) mass is 617 g/mol. The van der Waals surface area contributed by atoms with Gasteiger partial charge in [-0.2, -0.15) is 0 Å². The summed E-state index contributed by atoms with van der Waals surface area (Å²) in [5.41, 5.74) is 1.77. The van der Waals surface area contributed by atoms with Crippen molar-refractivity contribution in [3.05, 3.63) is 92.9 Å². The van der Waals surface area contributed by atoms with Gasteiger partial charge in [0.1, 0.15) is 29.0 Å². The molecular formula is C31H27N3O7S2. The number of hydrogen-bond donors (Lipinski definition) is 1. The number of hydrogen-bond acceptors (Lipinski definition) is 9. The molecule has 1 aromatic heterocycles. The first-order valence-electron chi connectivity index (χ1n) is 13.3. The molecule has 2 unspecified atom stereocenters. The summed E-state index contributed by atoms with van der Waals surface area (Å²) in [5.74, 6) is -0.548. The van der Waals surface area contributed by atoms with Gasteiger partial charge in [0.25, 0.3) is 0 Å². The Balaban J connectivity index is 1.38. The van der Waals surface area contributed by atoms with Crippen LogP contribution in [0.4, 0.5) is 11.4 Å². The Hall–Kier alpha value is -4.55. The van der Waals surface area contributed by atoms with E-state index in [2.05, 4.69) is 5.32 Å². The first-order chi connectivity index (χ1) is 20.8. The van der Waals surface area contributed by atoms with Gasteiger partial charge < -0.3 is 19.5 Å². The van der Waals surface area contributed by atoms with Crippen LogP contribution in [0, 0.1) is 5.92 Å². The molecule has 6 rings (SSSR count). The number of rotatable bonds is 8. The highest BCUT2D eigenvalue weighted by molar-refractivity contribution is 8.00. The largest absolute Gasteiger partial charge is 0.497 e. The molecule has 12 heteroatoms. The standard InChI is InChI=1S/C31H27N3O7S2/c1-39-20-10-4-17(5-11-20)24-25-26(29(37)34(28(25)36)19-8-14-22(41-3)15-9-19)42-30-27(24)43-31(38)33(30)16-23(35)32-18-6-12-21(40-2)13-7-18/h4-15,24-26H,16H2,1-3H3,(H,32,35)/t24-,25?,26?/m1/s1. The molecule has 3 aromatic carbocycles. The maximum Gasteiger partial charge on any atom is 0.308 e. The molecule has 2 aliphatic heterocycles. The van der Waals surface area contributed by atoms with Crippen molar-refractivity contribution in [2.45, 2.75) is 22.7 Å². The van der Waals surface area contributed by atoms with Gasteiger partial charge in [0.15, 0.2) is 0 Å². The Morgan fingerprint density at radius 3 is 1.93 bits per heavy atom. The number of nitrogens with one attached hydrogen (secondary N) is 1. The van der Waals surface area contributed by atoms with E-state index in [1.165, 1.54) is 21.2 Å². The van der Waals surface area contributed by atoms with Crippen molar-refractivity contribution in [3.8, 4) is 17.2 Å². The summed E-state index contributed by atoms with van der Waals surface area (Å²) in [4.78, 5) is 55.8. The predicted octanol–water partition coefficient (Wildman–Crippen LogP) is 4.37. The van der Waals surface area contributed by atoms with E-state index < -0.39 is 23.0 Å².